The molecular weight excluding hydrogens is 204 g/mol. The highest BCUT2D eigenvalue weighted by Crippen LogP contribution is 2.19. The zero-order valence-corrected chi connectivity index (χ0v) is 10.7. The van der Waals surface area contributed by atoms with E-state index < -0.39 is 8.07 Å². The Morgan fingerprint density at radius 2 is 2.13 bits per heavy atom. The maximum atomic E-state index is 11.7. The molecule has 0 aliphatic heterocycles. The van der Waals surface area contributed by atoms with Gasteiger partial charge in [-0.15, -0.1) is 0 Å². The maximum Gasteiger partial charge on any atom is 0.201 e. The minimum absolute atomic E-state index is 0.0308. The average molecular weight is 222 g/mol. The number of rotatable bonds is 5. The van der Waals surface area contributed by atoms with Gasteiger partial charge < -0.3 is 4.42 Å². The third kappa shape index (κ3) is 4.30. The van der Waals surface area contributed by atoms with Crippen LogP contribution in [0.2, 0.25) is 25.7 Å². The molecule has 3 heteroatoms. The van der Waals surface area contributed by atoms with Crippen LogP contribution in [0.5, 0.6) is 0 Å². The summed E-state index contributed by atoms with van der Waals surface area (Å²) in [7, 11) is -1.15. The minimum Gasteiger partial charge on any atom is -0.461 e. The molecule has 0 radical (unpaired) electrons. The van der Waals surface area contributed by atoms with E-state index in [9.17, 15) is 4.79 Å². The molecule has 0 saturated carbocycles. The Morgan fingerprint density at radius 3 is 2.60 bits per heavy atom. The second-order valence-electron chi connectivity index (χ2n) is 5.06. The fourth-order valence-electron chi connectivity index (χ4n) is 1.56. The van der Waals surface area contributed by atoms with Crippen LogP contribution in [0, 0.1) is 0 Å². The van der Waals surface area contributed by atoms with Crippen molar-refractivity contribution >= 4 is 13.9 Å². The average Bonchev–Trinajstić information content (AvgIpc) is 2.50. The van der Waals surface area contributed by atoms with Gasteiger partial charge in [0, 0.05) is 14.5 Å². The first-order valence-electron chi connectivity index (χ1n) is 5.12. The van der Waals surface area contributed by atoms with Crippen LogP contribution in [0.25, 0.3) is 0 Å². The largest absolute Gasteiger partial charge is 0.461 e. The Bertz CT molecular complexity index is 344. The summed E-state index contributed by atoms with van der Waals surface area (Å²) in [6.07, 6.45) is 1.94. The molecule has 1 rings (SSSR count). The van der Waals surface area contributed by atoms with Crippen molar-refractivity contribution < 1.29 is 9.21 Å². The number of ketones is 1. The molecule has 1 heterocycles. The molecule has 0 unspecified atom stereocenters. The van der Waals surface area contributed by atoms with E-state index >= 15 is 0 Å². The van der Waals surface area contributed by atoms with Crippen molar-refractivity contribution in [1.82, 2.24) is 0 Å². The van der Waals surface area contributed by atoms with Crippen LogP contribution < -0.4 is 0 Å². The standard InChI is InChI=1S/C12H18O2Si/c1-10(9-15(2,3)4)8-11(13)12-6-5-7-14-12/h5-7H,1,8-9H2,2-4H3. The van der Waals surface area contributed by atoms with Gasteiger partial charge in [-0.25, -0.2) is 0 Å². The van der Waals surface area contributed by atoms with Gasteiger partial charge in [-0.05, 0) is 18.2 Å². The van der Waals surface area contributed by atoms with E-state index in [1.165, 1.54) is 6.26 Å². The molecule has 0 atom stereocenters. The molecule has 82 valence electrons. The van der Waals surface area contributed by atoms with Crippen molar-refractivity contribution in [3.05, 3.63) is 36.3 Å². The summed E-state index contributed by atoms with van der Waals surface area (Å²) in [6.45, 7) is 10.8. The number of furan rings is 1. The van der Waals surface area contributed by atoms with E-state index in [1.807, 2.05) is 0 Å². The highest BCUT2D eigenvalue weighted by molar-refractivity contribution is 6.76. The Kier molecular flexibility index (Phi) is 3.69. The molecule has 0 saturated heterocycles. The van der Waals surface area contributed by atoms with Crippen molar-refractivity contribution in [2.45, 2.75) is 32.1 Å². The highest BCUT2D eigenvalue weighted by Gasteiger charge is 2.17. The van der Waals surface area contributed by atoms with E-state index in [-0.39, 0.29) is 5.78 Å². The molecule has 15 heavy (non-hydrogen) atoms. The van der Waals surface area contributed by atoms with Gasteiger partial charge in [0.15, 0.2) is 5.76 Å². The van der Waals surface area contributed by atoms with Gasteiger partial charge in [0.25, 0.3) is 0 Å². The normalized spacial score (nSPS) is 11.4. The second kappa shape index (κ2) is 4.62. The van der Waals surface area contributed by atoms with Crippen molar-refractivity contribution in [2.24, 2.45) is 0 Å². The van der Waals surface area contributed by atoms with Crippen LogP contribution in [0.4, 0.5) is 0 Å². The van der Waals surface area contributed by atoms with Crippen LogP contribution in [-0.4, -0.2) is 13.9 Å². The smallest absolute Gasteiger partial charge is 0.201 e. The number of hydrogen-bond acceptors (Lipinski definition) is 2. The van der Waals surface area contributed by atoms with Crippen LogP contribution in [0.3, 0.4) is 0 Å². The predicted octanol–water partition coefficient (Wildman–Crippen LogP) is 3.75. The summed E-state index contributed by atoms with van der Waals surface area (Å²) in [6, 6.07) is 4.43. The van der Waals surface area contributed by atoms with Gasteiger partial charge in [0.1, 0.15) is 0 Å². The molecule has 1 aromatic rings. The lowest BCUT2D eigenvalue weighted by molar-refractivity contribution is 0.0966. The molecule has 2 nitrogen and oxygen atoms in total. The van der Waals surface area contributed by atoms with E-state index in [0.717, 1.165) is 11.6 Å². The zero-order chi connectivity index (χ0) is 11.5. The fraction of sp³-hybridized carbons (Fsp3) is 0.417. The molecule has 0 amide bonds. The quantitative estimate of drug-likeness (QED) is 0.431. The Balaban J connectivity index is 2.50. The van der Waals surface area contributed by atoms with Crippen LogP contribution in [-0.2, 0) is 0 Å². The van der Waals surface area contributed by atoms with Gasteiger partial charge >= 0.3 is 0 Å². The first kappa shape index (κ1) is 12.0. The number of carbonyl (C=O) groups is 1. The first-order chi connectivity index (χ1) is 6.88. The molecule has 0 spiro atoms. The fourth-order valence-corrected chi connectivity index (χ4v) is 3.19. The van der Waals surface area contributed by atoms with Gasteiger partial charge in [0.2, 0.25) is 5.78 Å². The van der Waals surface area contributed by atoms with Gasteiger partial charge in [-0.1, -0.05) is 31.8 Å². The number of Topliss-reactive ketones (excluding diaryl/α,β-unsaturated/α-hetero) is 1. The molecule has 0 aliphatic rings. The lowest BCUT2D eigenvalue weighted by Crippen LogP contribution is -2.20. The van der Waals surface area contributed by atoms with Crippen molar-refractivity contribution in [3.63, 3.8) is 0 Å². The lowest BCUT2D eigenvalue weighted by Gasteiger charge is -2.16. The second-order valence-corrected chi connectivity index (χ2v) is 10.5. The Hall–Kier alpha value is -1.09. The molecule has 0 fully saturated rings. The van der Waals surface area contributed by atoms with Crippen molar-refractivity contribution in [3.8, 4) is 0 Å². The maximum absolute atomic E-state index is 11.7. The van der Waals surface area contributed by atoms with Crippen LogP contribution in [0.15, 0.2) is 35.0 Å². The number of hydrogen-bond donors (Lipinski definition) is 0. The molecule has 0 N–H and O–H groups in total. The minimum atomic E-state index is -1.15. The summed E-state index contributed by atoms with van der Waals surface area (Å²) >= 11 is 0. The monoisotopic (exact) mass is 222 g/mol. The van der Waals surface area contributed by atoms with Gasteiger partial charge in [0.05, 0.1) is 6.26 Å². The first-order valence-corrected chi connectivity index (χ1v) is 8.82. The molecule has 0 aliphatic carbocycles. The van der Waals surface area contributed by atoms with Crippen LogP contribution >= 0.6 is 0 Å². The Labute approximate surface area is 92.0 Å². The van der Waals surface area contributed by atoms with Gasteiger partial charge in [-0.2, -0.15) is 0 Å². The zero-order valence-electron chi connectivity index (χ0n) is 9.67. The molecular formula is C12H18O2Si. The van der Waals surface area contributed by atoms with Gasteiger partial charge in [-0.3, -0.25) is 4.79 Å². The van der Waals surface area contributed by atoms with E-state index in [4.69, 9.17) is 4.42 Å². The van der Waals surface area contributed by atoms with E-state index in [0.29, 0.717) is 12.2 Å². The topological polar surface area (TPSA) is 30.2 Å². The highest BCUT2D eigenvalue weighted by atomic mass is 28.3. The molecule has 0 aromatic carbocycles. The molecule has 0 bridgehead atoms. The third-order valence-electron chi connectivity index (χ3n) is 1.99. The summed E-state index contributed by atoms with van der Waals surface area (Å²) in [5.41, 5.74) is 1.02. The summed E-state index contributed by atoms with van der Waals surface area (Å²) in [5.74, 6) is 0.468. The lowest BCUT2D eigenvalue weighted by atomic mass is 10.1. The number of carbonyl (C=O) groups excluding carboxylic acids is 1. The van der Waals surface area contributed by atoms with E-state index in [1.54, 1.807) is 12.1 Å². The van der Waals surface area contributed by atoms with Crippen molar-refractivity contribution in [1.29, 1.82) is 0 Å². The van der Waals surface area contributed by atoms with Crippen LogP contribution in [0.1, 0.15) is 17.0 Å². The molecule has 1 aromatic heterocycles. The summed E-state index contributed by atoms with van der Waals surface area (Å²) in [5, 5.41) is 0. The SMILES string of the molecule is C=C(CC(=O)c1ccco1)C[Si](C)(C)C. The Morgan fingerprint density at radius 1 is 1.47 bits per heavy atom. The number of allylic oxidation sites excluding steroid dienone is 1. The summed E-state index contributed by atoms with van der Waals surface area (Å²) in [4.78, 5) is 11.7. The third-order valence-corrected chi connectivity index (χ3v) is 3.55. The predicted molar refractivity (Wildman–Crippen MR) is 64.9 cm³/mol. The summed E-state index contributed by atoms with van der Waals surface area (Å²) < 4.78 is 5.05. The van der Waals surface area contributed by atoms with E-state index in [2.05, 4.69) is 26.2 Å². The van der Waals surface area contributed by atoms with Crippen molar-refractivity contribution in [2.75, 3.05) is 0 Å².